The first-order chi connectivity index (χ1) is 12.1. The minimum Gasteiger partial charge on any atom is -0.352 e. The Hall–Kier alpha value is -2.69. The molecule has 3 rings (SSSR count). The van der Waals surface area contributed by atoms with Crippen molar-refractivity contribution >= 4 is 16.8 Å². The fourth-order valence-electron chi connectivity index (χ4n) is 2.91. The number of nitrogens with zero attached hydrogens (tertiary/aromatic N) is 3. The zero-order chi connectivity index (χ0) is 17.8. The molecule has 0 saturated heterocycles. The lowest BCUT2D eigenvalue weighted by Crippen LogP contribution is -2.24. The molecule has 0 fully saturated rings. The maximum absolute atomic E-state index is 12.7. The molecular weight excluding hydrogens is 312 g/mol. The number of fused-ring (bicyclic) bond motifs is 1. The smallest absolute Gasteiger partial charge is 0.252 e. The molecule has 0 bridgehead atoms. The van der Waals surface area contributed by atoms with Crippen molar-refractivity contribution in [1.82, 2.24) is 20.1 Å². The van der Waals surface area contributed by atoms with E-state index in [1.54, 1.807) is 0 Å². The zero-order valence-electron chi connectivity index (χ0n) is 15.0. The highest BCUT2D eigenvalue weighted by atomic mass is 16.1. The van der Waals surface area contributed by atoms with Gasteiger partial charge in [-0.1, -0.05) is 31.5 Å². The Labute approximate surface area is 148 Å². The van der Waals surface area contributed by atoms with Crippen LogP contribution in [0.1, 0.15) is 42.7 Å². The van der Waals surface area contributed by atoms with Crippen molar-refractivity contribution in [3.8, 4) is 11.3 Å². The highest BCUT2D eigenvalue weighted by Crippen LogP contribution is 2.26. The predicted octanol–water partition coefficient (Wildman–Crippen LogP) is 3.96. The van der Waals surface area contributed by atoms with Crippen LogP contribution in [0.15, 0.2) is 36.5 Å². The van der Waals surface area contributed by atoms with Gasteiger partial charge < -0.3 is 5.32 Å². The first-order valence-electron chi connectivity index (χ1n) is 8.86. The van der Waals surface area contributed by atoms with Crippen LogP contribution in [0.4, 0.5) is 0 Å². The third-order valence-electron chi connectivity index (χ3n) is 4.32. The fourth-order valence-corrected chi connectivity index (χ4v) is 2.91. The van der Waals surface area contributed by atoms with E-state index in [2.05, 4.69) is 24.3 Å². The zero-order valence-corrected chi connectivity index (χ0v) is 15.0. The van der Waals surface area contributed by atoms with E-state index in [4.69, 9.17) is 4.98 Å². The number of nitrogens with one attached hydrogen (secondary N) is 1. The molecule has 0 saturated carbocycles. The van der Waals surface area contributed by atoms with E-state index in [0.717, 1.165) is 47.2 Å². The molecule has 0 aliphatic heterocycles. The molecule has 0 aliphatic carbocycles. The monoisotopic (exact) mass is 336 g/mol. The summed E-state index contributed by atoms with van der Waals surface area (Å²) in [5, 5.41) is 8.39. The standard InChI is InChI=1S/C20H24N4O/c1-4-6-11-21-20(25)16-12-19(17-13-24(5-2)23-14(17)3)22-18-10-8-7-9-15(16)18/h7-10,12-13H,4-6,11H2,1-3H3,(H,21,25). The van der Waals surface area contributed by atoms with Gasteiger partial charge in [-0.3, -0.25) is 9.48 Å². The number of hydrogen-bond donors (Lipinski definition) is 1. The van der Waals surface area contributed by atoms with Gasteiger partial charge in [-0.15, -0.1) is 0 Å². The summed E-state index contributed by atoms with van der Waals surface area (Å²) in [6.45, 7) is 7.63. The number of para-hydroxylation sites is 1. The Morgan fingerprint density at radius 1 is 1.24 bits per heavy atom. The Bertz CT molecular complexity index is 898. The van der Waals surface area contributed by atoms with Gasteiger partial charge in [0.1, 0.15) is 0 Å². The number of carbonyl (C=O) groups is 1. The highest BCUT2D eigenvalue weighted by molar-refractivity contribution is 6.07. The van der Waals surface area contributed by atoms with Crippen LogP contribution in [0.25, 0.3) is 22.2 Å². The first kappa shape index (κ1) is 17.1. The van der Waals surface area contributed by atoms with Crippen LogP contribution in [0, 0.1) is 6.92 Å². The summed E-state index contributed by atoms with van der Waals surface area (Å²) in [5.41, 5.74) is 4.17. The lowest BCUT2D eigenvalue weighted by molar-refractivity contribution is 0.0955. The van der Waals surface area contributed by atoms with Crippen molar-refractivity contribution in [3.63, 3.8) is 0 Å². The molecule has 0 spiro atoms. The average molecular weight is 336 g/mol. The van der Waals surface area contributed by atoms with Gasteiger partial charge in [-0.05, 0) is 32.4 Å². The quantitative estimate of drug-likeness (QED) is 0.693. The number of aryl methyl sites for hydroxylation is 2. The number of hydrogen-bond acceptors (Lipinski definition) is 3. The third-order valence-corrected chi connectivity index (χ3v) is 4.32. The molecule has 5 heteroatoms. The number of aromatic nitrogens is 3. The SMILES string of the molecule is CCCCNC(=O)c1cc(-c2cn(CC)nc2C)nc2ccccc12. The second-order valence-electron chi connectivity index (χ2n) is 6.17. The molecule has 2 aromatic heterocycles. The van der Waals surface area contributed by atoms with Crippen LogP contribution in [0.3, 0.4) is 0 Å². The fraction of sp³-hybridized carbons (Fsp3) is 0.350. The van der Waals surface area contributed by atoms with Crippen molar-refractivity contribution in [2.24, 2.45) is 0 Å². The largest absolute Gasteiger partial charge is 0.352 e. The van der Waals surface area contributed by atoms with Gasteiger partial charge >= 0.3 is 0 Å². The highest BCUT2D eigenvalue weighted by Gasteiger charge is 2.16. The Morgan fingerprint density at radius 3 is 2.76 bits per heavy atom. The molecule has 2 heterocycles. The Kier molecular flexibility index (Phi) is 5.12. The van der Waals surface area contributed by atoms with Crippen molar-refractivity contribution in [3.05, 3.63) is 47.8 Å². The summed E-state index contributed by atoms with van der Waals surface area (Å²) in [5.74, 6) is -0.0474. The number of benzene rings is 1. The molecule has 5 nitrogen and oxygen atoms in total. The summed E-state index contributed by atoms with van der Waals surface area (Å²) >= 11 is 0. The molecule has 0 aliphatic rings. The second-order valence-corrected chi connectivity index (χ2v) is 6.17. The Morgan fingerprint density at radius 2 is 2.04 bits per heavy atom. The minimum atomic E-state index is -0.0474. The van der Waals surface area contributed by atoms with Gasteiger partial charge in [0, 0.05) is 30.2 Å². The van der Waals surface area contributed by atoms with Crippen LogP contribution >= 0.6 is 0 Å². The number of unbranched alkanes of at least 4 members (excludes halogenated alkanes) is 1. The van der Waals surface area contributed by atoms with E-state index in [9.17, 15) is 4.79 Å². The summed E-state index contributed by atoms with van der Waals surface area (Å²) in [6, 6.07) is 9.66. The molecule has 0 atom stereocenters. The van der Waals surface area contributed by atoms with Crippen molar-refractivity contribution in [2.75, 3.05) is 6.54 Å². The maximum Gasteiger partial charge on any atom is 0.252 e. The van der Waals surface area contributed by atoms with Crippen LogP contribution in [0.2, 0.25) is 0 Å². The van der Waals surface area contributed by atoms with E-state index < -0.39 is 0 Å². The number of carbonyl (C=O) groups excluding carboxylic acids is 1. The van der Waals surface area contributed by atoms with E-state index in [0.29, 0.717) is 12.1 Å². The molecule has 0 unspecified atom stereocenters. The molecule has 3 aromatic rings. The van der Waals surface area contributed by atoms with Gasteiger partial charge in [-0.25, -0.2) is 4.98 Å². The third kappa shape index (κ3) is 3.55. The minimum absolute atomic E-state index is 0.0474. The van der Waals surface area contributed by atoms with E-state index in [1.165, 1.54) is 0 Å². The van der Waals surface area contributed by atoms with Gasteiger partial charge in [-0.2, -0.15) is 5.10 Å². The summed E-state index contributed by atoms with van der Waals surface area (Å²) in [7, 11) is 0. The van der Waals surface area contributed by atoms with Gasteiger partial charge in [0.15, 0.2) is 0 Å². The van der Waals surface area contributed by atoms with Crippen LogP contribution in [0.5, 0.6) is 0 Å². The molecule has 1 aromatic carbocycles. The van der Waals surface area contributed by atoms with Gasteiger partial charge in [0.2, 0.25) is 0 Å². The van der Waals surface area contributed by atoms with Crippen LogP contribution in [-0.4, -0.2) is 27.2 Å². The molecular formula is C20H24N4O. The van der Waals surface area contributed by atoms with Gasteiger partial charge in [0.25, 0.3) is 5.91 Å². The molecule has 0 radical (unpaired) electrons. The van der Waals surface area contributed by atoms with Gasteiger partial charge in [0.05, 0.1) is 22.5 Å². The molecule has 1 amide bonds. The van der Waals surface area contributed by atoms with E-state index >= 15 is 0 Å². The Balaban J connectivity index is 2.08. The van der Waals surface area contributed by atoms with Crippen LogP contribution in [-0.2, 0) is 6.54 Å². The first-order valence-corrected chi connectivity index (χ1v) is 8.86. The molecule has 130 valence electrons. The normalized spacial score (nSPS) is 11.0. The maximum atomic E-state index is 12.7. The molecule has 25 heavy (non-hydrogen) atoms. The summed E-state index contributed by atoms with van der Waals surface area (Å²) in [4.78, 5) is 17.5. The van der Waals surface area contributed by atoms with Crippen LogP contribution < -0.4 is 5.32 Å². The number of amides is 1. The second kappa shape index (κ2) is 7.47. The summed E-state index contributed by atoms with van der Waals surface area (Å²) in [6.07, 6.45) is 4.02. The number of rotatable bonds is 6. The molecule has 1 N–H and O–H groups in total. The predicted molar refractivity (Wildman–Crippen MR) is 101 cm³/mol. The lowest BCUT2D eigenvalue weighted by atomic mass is 10.0. The van der Waals surface area contributed by atoms with Crippen molar-refractivity contribution in [1.29, 1.82) is 0 Å². The van der Waals surface area contributed by atoms with E-state index in [1.807, 2.05) is 48.1 Å². The lowest BCUT2D eigenvalue weighted by Gasteiger charge is -2.10. The van der Waals surface area contributed by atoms with E-state index in [-0.39, 0.29) is 5.91 Å². The number of pyridine rings is 1. The van der Waals surface area contributed by atoms with Crippen molar-refractivity contribution < 1.29 is 4.79 Å². The average Bonchev–Trinajstić information content (AvgIpc) is 3.02. The summed E-state index contributed by atoms with van der Waals surface area (Å²) < 4.78 is 1.89. The topological polar surface area (TPSA) is 59.8 Å². The van der Waals surface area contributed by atoms with Crippen molar-refractivity contribution in [2.45, 2.75) is 40.2 Å².